The van der Waals surface area contributed by atoms with Crippen LogP contribution in [0.1, 0.15) is 45.1 Å². The topological polar surface area (TPSA) is 52.3 Å². The summed E-state index contributed by atoms with van der Waals surface area (Å²) in [7, 11) is 0. The van der Waals surface area contributed by atoms with E-state index < -0.39 is 0 Å². The van der Waals surface area contributed by atoms with Gasteiger partial charge in [0.25, 0.3) is 0 Å². The molecule has 0 aliphatic rings. The molecule has 0 heterocycles. The highest BCUT2D eigenvalue weighted by Gasteiger charge is 2.23. The van der Waals surface area contributed by atoms with Crippen LogP contribution in [0.3, 0.4) is 0 Å². The zero-order chi connectivity index (χ0) is 15.7. The standard InChI is InChI=1S/C17H29N2O2/c1-4-10-16(15-11-8-7-9-12-15)17(20)21-14-13-19(18,5-2)6-3/h7-9,11-12,16H,4-6,10,13-14,18H2,1-3H3/q+1. The second kappa shape index (κ2) is 8.80. The van der Waals surface area contributed by atoms with Crippen molar-refractivity contribution in [3.05, 3.63) is 35.9 Å². The van der Waals surface area contributed by atoms with Gasteiger partial charge in [0.05, 0.1) is 19.0 Å². The van der Waals surface area contributed by atoms with Crippen LogP contribution in [0.5, 0.6) is 0 Å². The second-order valence-corrected chi connectivity index (χ2v) is 5.49. The van der Waals surface area contributed by atoms with Crippen molar-refractivity contribution in [2.24, 2.45) is 5.84 Å². The van der Waals surface area contributed by atoms with Crippen molar-refractivity contribution in [2.45, 2.75) is 39.5 Å². The average molecular weight is 293 g/mol. The van der Waals surface area contributed by atoms with Gasteiger partial charge in [0.2, 0.25) is 0 Å². The summed E-state index contributed by atoms with van der Waals surface area (Å²) < 4.78 is 5.92. The zero-order valence-corrected chi connectivity index (χ0v) is 13.5. The fourth-order valence-electron chi connectivity index (χ4n) is 2.36. The third kappa shape index (κ3) is 5.48. The van der Waals surface area contributed by atoms with Crippen LogP contribution in [0, 0.1) is 0 Å². The number of benzene rings is 1. The molecule has 0 amide bonds. The molecule has 21 heavy (non-hydrogen) atoms. The van der Waals surface area contributed by atoms with Gasteiger partial charge < -0.3 is 4.74 Å². The first-order chi connectivity index (χ1) is 10.1. The normalized spacial score (nSPS) is 13.0. The molecule has 0 aliphatic heterocycles. The van der Waals surface area contributed by atoms with Crippen LogP contribution >= 0.6 is 0 Å². The average Bonchev–Trinajstić information content (AvgIpc) is 2.53. The molecule has 1 aromatic rings. The molecule has 1 aromatic carbocycles. The smallest absolute Gasteiger partial charge is 0.313 e. The molecule has 1 rings (SSSR count). The number of nitrogens with two attached hydrogens (primary N) is 1. The lowest BCUT2D eigenvalue weighted by Gasteiger charge is -2.30. The first-order valence-corrected chi connectivity index (χ1v) is 7.92. The van der Waals surface area contributed by atoms with Crippen LogP contribution in [0.2, 0.25) is 0 Å². The Labute approximate surface area is 128 Å². The fourth-order valence-corrected chi connectivity index (χ4v) is 2.36. The van der Waals surface area contributed by atoms with Crippen molar-refractivity contribution in [3.63, 3.8) is 0 Å². The van der Waals surface area contributed by atoms with E-state index in [-0.39, 0.29) is 11.9 Å². The molecule has 0 fully saturated rings. The molecular weight excluding hydrogens is 264 g/mol. The molecule has 0 aliphatic carbocycles. The zero-order valence-electron chi connectivity index (χ0n) is 13.5. The van der Waals surface area contributed by atoms with E-state index in [2.05, 4.69) is 20.8 Å². The molecule has 1 unspecified atom stereocenters. The Hall–Kier alpha value is -1.39. The molecule has 0 saturated carbocycles. The maximum atomic E-state index is 12.3. The Morgan fingerprint density at radius 1 is 1.19 bits per heavy atom. The third-order valence-corrected chi connectivity index (χ3v) is 4.10. The van der Waals surface area contributed by atoms with Crippen molar-refractivity contribution in [2.75, 3.05) is 26.2 Å². The largest absolute Gasteiger partial charge is 0.459 e. The molecule has 0 bridgehead atoms. The quantitative estimate of drug-likeness (QED) is 0.330. The molecule has 1 atom stereocenters. The summed E-state index contributed by atoms with van der Waals surface area (Å²) in [6.07, 6.45) is 1.77. The Balaban J connectivity index is 2.59. The van der Waals surface area contributed by atoms with Crippen molar-refractivity contribution in [1.82, 2.24) is 0 Å². The van der Waals surface area contributed by atoms with Gasteiger partial charge in [0, 0.05) is 0 Å². The van der Waals surface area contributed by atoms with E-state index in [1.54, 1.807) is 0 Å². The number of carbonyl (C=O) groups is 1. The predicted molar refractivity (Wildman–Crippen MR) is 85.4 cm³/mol. The first-order valence-electron chi connectivity index (χ1n) is 7.92. The summed E-state index contributed by atoms with van der Waals surface area (Å²) in [5.41, 5.74) is 1.03. The molecule has 4 heteroatoms. The fraction of sp³-hybridized carbons (Fsp3) is 0.588. The lowest BCUT2D eigenvalue weighted by atomic mass is 9.95. The number of ether oxygens (including phenoxy) is 1. The number of hydrogen-bond acceptors (Lipinski definition) is 3. The molecule has 4 nitrogen and oxygen atoms in total. The summed E-state index contributed by atoms with van der Waals surface area (Å²) in [4.78, 5) is 12.3. The van der Waals surface area contributed by atoms with Gasteiger partial charge in [-0.05, 0) is 25.8 Å². The summed E-state index contributed by atoms with van der Waals surface area (Å²) >= 11 is 0. The van der Waals surface area contributed by atoms with E-state index in [4.69, 9.17) is 10.6 Å². The van der Waals surface area contributed by atoms with Crippen LogP contribution in [0.25, 0.3) is 0 Å². The minimum absolute atomic E-state index is 0.137. The predicted octanol–water partition coefficient (Wildman–Crippen LogP) is 2.84. The first kappa shape index (κ1) is 17.7. The maximum absolute atomic E-state index is 12.3. The highest BCUT2D eigenvalue weighted by Crippen LogP contribution is 2.22. The summed E-state index contributed by atoms with van der Waals surface area (Å²) in [6.45, 7) is 8.90. The number of esters is 1. The van der Waals surface area contributed by atoms with E-state index in [1.807, 2.05) is 30.3 Å². The molecule has 118 valence electrons. The minimum Gasteiger partial charge on any atom is -0.459 e. The van der Waals surface area contributed by atoms with Crippen molar-refractivity contribution in [3.8, 4) is 0 Å². The van der Waals surface area contributed by atoms with Crippen LogP contribution in [-0.2, 0) is 9.53 Å². The monoisotopic (exact) mass is 293 g/mol. The Morgan fingerprint density at radius 3 is 2.33 bits per heavy atom. The molecule has 2 N–H and O–H groups in total. The van der Waals surface area contributed by atoms with Crippen molar-refractivity contribution < 1.29 is 14.1 Å². The van der Waals surface area contributed by atoms with E-state index in [0.29, 0.717) is 17.7 Å². The molecule has 0 radical (unpaired) electrons. The van der Waals surface area contributed by atoms with Gasteiger partial charge in [-0.2, -0.15) is 5.84 Å². The second-order valence-electron chi connectivity index (χ2n) is 5.49. The summed E-state index contributed by atoms with van der Waals surface area (Å²) in [5, 5.41) is 0. The Bertz CT molecular complexity index is 416. The highest BCUT2D eigenvalue weighted by atomic mass is 16.5. The Kier molecular flexibility index (Phi) is 7.40. The van der Waals surface area contributed by atoms with Crippen LogP contribution in [0.4, 0.5) is 0 Å². The number of hydrogen-bond donors (Lipinski definition) is 1. The van der Waals surface area contributed by atoms with Crippen LogP contribution in [-0.4, -0.2) is 36.8 Å². The maximum Gasteiger partial charge on any atom is 0.313 e. The van der Waals surface area contributed by atoms with Crippen LogP contribution in [0.15, 0.2) is 30.3 Å². The van der Waals surface area contributed by atoms with Gasteiger partial charge in [-0.15, -0.1) is 0 Å². The highest BCUT2D eigenvalue weighted by molar-refractivity contribution is 5.78. The van der Waals surface area contributed by atoms with Crippen LogP contribution < -0.4 is 5.84 Å². The van der Waals surface area contributed by atoms with E-state index in [1.165, 1.54) is 0 Å². The van der Waals surface area contributed by atoms with Crippen molar-refractivity contribution >= 4 is 5.97 Å². The number of rotatable bonds is 9. The summed E-state index contributed by atoms with van der Waals surface area (Å²) in [5.74, 6) is 5.87. The number of quaternary nitrogens is 1. The molecule has 0 saturated heterocycles. The van der Waals surface area contributed by atoms with E-state index >= 15 is 0 Å². The number of likely N-dealkylation sites (N-methyl/N-ethyl adjacent to an activating group) is 1. The van der Waals surface area contributed by atoms with Crippen molar-refractivity contribution in [1.29, 1.82) is 0 Å². The van der Waals surface area contributed by atoms with E-state index in [9.17, 15) is 4.79 Å². The SMILES string of the molecule is CCCC(C(=O)OCC[N+](N)(CC)CC)c1ccccc1. The molecular formula is C17H29N2O2+. The summed E-state index contributed by atoms with van der Waals surface area (Å²) in [6, 6.07) is 9.86. The number of carbonyl (C=O) groups excluding carboxylic acids is 1. The van der Waals surface area contributed by atoms with Gasteiger partial charge >= 0.3 is 5.97 Å². The van der Waals surface area contributed by atoms with Gasteiger partial charge in [0.15, 0.2) is 0 Å². The van der Waals surface area contributed by atoms with Gasteiger partial charge in [-0.1, -0.05) is 43.7 Å². The van der Waals surface area contributed by atoms with Gasteiger partial charge in [-0.3, -0.25) is 4.79 Å². The molecule has 0 aromatic heterocycles. The lowest BCUT2D eigenvalue weighted by Crippen LogP contribution is -2.55. The minimum atomic E-state index is -0.167. The molecule has 0 spiro atoms. The Morgan fingerprint density at radius 2 is 1.81 bits per heavy atom. The third-order valence-electron chi connectivity index (χ3n) is 4.10. The number of nitrogens with zero attached hydrogens (tertiary/aromatic N) is 1. The van der Waals surface area contributed by atoms with Gasteiger partial charge in [-0.25, -0.2) is 4.59 Å². The van der Waals surface area contributed by atoms with Gasteiger partial charge in [0.1, 0.15) is 13.2 Å². The van der Waals surface area contributed by atoms with E-state index in [0.717, 1.165) is 31.5 Å². The lowest BCUT2D eigenvalue weighted by molar-refractivity contribution is -0.936.